The van der Waals surface area contributed by atoms with Crippen molar-refractivity contribution < 1.29 is 13.2 Å². The number of hydrogen-bond acceptors (Lipinski definition) is 4. The molecule has 20 heavy (non-hydrogen) atoms. The van der Waals surface area contributed by atoms with E-state index in [1.54, 1.807) is 6.07 Å². The highest BCUT2D eigenvalue weighted by molar-refractivity contribution is 7.89. The molecule has 3 rings (SSSR count). The highest BCUT2D eigenvalue weighted by atomic mass is 32.2. The summed E-state index contributed by atoms with van der Waals surface area (Å²) >= 11 is 0. The Hall–Kier alpha value is -1.27. The maximum absolute atomic E-state index is 12.4. The highest BCUT2D eigenvalue weighted by Gasteiger charge is 2.34. The van der Waals surface area contributed by atoms with E-state index in [-0.39, 0.29) is 4.90 Å². The third-order valence-electron chi connectivity index (χ3n) is 4.09. The number of hydrogen-bond donors (Lipinski definition) is 2. The number of anilines is 1. The SMILES string of the molecule is CC1CC1CNS(=O)(=O)c1cc(N)cc2c1OCCC2. The summed E-state index contributed by atoms with van der Waals surface area (Å²) in [4.78, 5) is 0.181. The molecule has 1 aliphatic heterocycles. The van der Waals surface area contributed by atoms with Crippen LogP contribution < -0.4 is 15.2 Å². The van der Waals surface area contributed by atoms with Crippen molar-refractivity contribution in [1.29, 1.82) is 0 Å². The Balaban J connectivity index is 1.89. The first-order valence-corrected chi connectivity index (χ1v) is 8.50. The standard InChI is InChI=1S/C14H20N2O3S/c1-9-5-11(9)8-16-20(17,18)13-7-12(15)6-10-3-2-4-19-14(10)13/h6-7,9,11,16H,2-5,8,15H2,1H3. The number of aryl methyl sites for hydroxylation is 1. The molecule has 0 saturated heterocycles. The molecule has 2 atom stereocenters. The van der Waals surface area contributed by atoms with Gasteiger partial charge in [-0.3, -0.25) is 0 Å². The lowest BCUT2D eigenvalue weighted by atomic mass is 10.1. The minimum absolute atomic E-state index is 0.181. The topological polar surface area (TPSA) is 81.4 Å². The fourth-order valence-corrected chi connectivity index (χ4v) is 3.96. The van der Waals surface area contributed by atoms with E-state index >= 15 is 0 Å². The summed E-state index contributed by atoms with van der Waals surface area (Å²) in [5, 5.41) is 0. The smallest absolute Gasteiger partial charge is 0.244 e. The Morgan fingerprint density at radius 1 is 1.45 bits per heavy atom. The van der Waals surface area contributed by atoms with Crippen LogP contribution in [-0.2, 0) is 16.4 Å². The van der Waals surface area contributed by atoms with Crippen LogP contribution in [0.15, 0.2) is 17.0 Å². The van der Waals surface area contributed by atoms with Gasteiger partial charge >= 0.3 is 0 Å². The summed E-state index contributed by atoms with van der Waals surface area (Å²) in [6.45, 7) is 3.18. The van der Waals surface area contributed by atoms with Gasteiger partial charge in [0, 0.05) is 12.2 Å². The summed E-state index contributed by atoms with van der Waals surface area (Å²) in [6, 6.07) is 3.29. The zero-order valence-electron chi connectivity index (χ0n) is 11.6. The van der Waals surface area contributed by atoms with E-state index in [4.69, 9.17) is 10.5 Å². The van der Waals surface area contributed by atoms with Crippen molar-refractivity contribution in [1.82, 2.24) is 4.72 Å². The Bertz CT molecular complexity index is 628. The molecule has 1 heterocycles. The maximum Gasteiger partial charge on any atom is 0.244 e. The molecule has 0 amide bonds. The second-order valence-corrected chi connectivity index (χ2v) is 7.52. The van der Waals surface area contributed by atoms with E-state index in [2.05, 4.69) is 11.6 Å². The van der Waals surface area contributed by atoms with E-state index in [0.717, 1.165) is 24.8 Å². The van der Waals surface area contributed by atoms with Crippen LogP contribution in [0.25, 0.3) is 0 Å². The van der Waals surface area contributed by atoms with Crippen LogP contribution in [0.4, 0.5) is 5.69 Å². The summed E-state index contributed by atoms with van der Waals surface area (Å²) in [5.41, 5.74) is 7.17. The van der Waals surface area contributed by atoms with E-state index < -0.39 is 10.0 Å². The number of sulfonamides is 1. The minimum atomic E-state index is -3.56. The van der Waals surface area contributed by atoms with Crippen molar-refractivity contribution in [2.45, 2.75) is 31.1 Å². The second kappa shape index (κ2) is 4.93. The van der Waals surface area contributed by atoms with Gasteiger partial charge in [-0.15, -0.1) is 0 Å². The van der Waals surface area contributed by atoms with Crippen LogP contribution >= 0.6 is 0 Å². The van der Waals surface area contributed by atoms with Gasteiger partial charge in [-0.25, -0.2) is 13.1 Å². The van der Waals surface area contributed by atoms with Gasteiger partial charge in [0.2, 0.25) is 10.0 Å². The van der Waals surface area contributed by atoms with Crippen molar-refractivity contribution in [2.75, 3.05) is 18.9 Å². The van der Waals surface area contributed by atoms with Crippen LogP contribution in [-0.4, -0.2) is 21.6 Å². The third-order valence-corrected chi connectivity index (χ3v) is 5.52. The van der Waals surface area contributed by atoms with Crippen molar-refractivity contribution in [3.05, 3.63) is 17.7 Å². The molecular weight excluding hydrogens is 276 g/mol. The van der Waals surface area contributed by atoms with Crippen LogP contribution in [0.2, 0.25) is 0 Å². The highest BCUT2D eigenvalue weighted by Crippen LogP contribution is 2.38. The van der Waals surface area contributed by atoms with Crippen molar-refractivity contribution in [2.24, 2.45) is 11.8 Å². The zero-order valence-corrected chi connectivity index (χ0v) is 12.4. The Labute approximate surface area is 119 Å². The van der Waals surface area contributed by atoms with Crippen molar-refractivity contribution in [3.8, 4) is 5.75 Å². The number of benzene rings is 1. The summed E-state index contributed by atoms with van der Waals surface area (Å²) < 4.78 is 33.1. The molecule has 0 bridgehead atoms. The molecule has 3 N–H and O–H groups in total. The summed E-state index contributed by atoms with van der Waals surface area (Å²) in [7, 11) is -3.56. The fraction of sp³-hybridized carbons (Fsp3) is 0.571. The lowest BCUT2D eigenvalue weighted by Crippen LogP contribution is -2.27. The third kappa shape index (κ3) is 2.62. The summed E-state index contributed by atoms with van der Waals surface area (Å²) in [5.74, 6) is 1.55. The van der Waals surface area contributed by atoms with E-state index in [1.165, 1.54) is 6.07 Å². The first kappa shape index (κ1) is 13.7. The van der Waals surface area contributed by atoms with Crippen LogP contribution in [0.1, 0.15) is 25.3 Å². The van der Waals surface area contributed by atoms with Crippen LogP contribution in [0, 0.1) is 11.8 Å². The number of nitrogens with two attached hydrogens (primary N) is 1. The molecule has 1 aromatic carbocycles. The van der Waals surface area contributed by atoms with Crippen LogP contribution in [0.5, 0.6) is 5.75 Å². The largest absolute Gasteiger partial charge is 0.492 e. The van der Waals surface area contributed by atoms with E-state index in [1.807, 2.05) is 0 Å². The Morgan fingerprint density at radius 3 is 2.90 bits per heavy atom. The fourth-order valence-electron chi connectivity index (χ4n) is 2.65. The number of nitrogen functional groups attached to an aromatic ring is 1. The van der Waals surface area contributed by atoms with Gasteiger partial charge < -0.3 is 10.5 Å². The van der Waals surface area contributed by atoms with Crippen molar-refractivity contribution in [3.63, 3.8) is 0 Å². The minimum Gasteiger partial charge on any atom is -0.492 e. The average Bonchev–Trinajstić information content (AvgIpc) is 3.11. The van der Waals surface area contributed by atoms with Gasteiger partial charge in [-0.2, -0.15) is 0 Å². The van der Waals surface area contributed by atoms with E-state index in [9.17, 15) is 8.42 Å². The lowest BCUT2D eigenvalue weighted by molar-refractivity contribution is 0.280. The van der Waals surface area contributed by atoms with Gasteiger partial charge in [0.15, 0.2) is 0 Å². The predicted molar refractivity (Wildman–Crippen MR) is 77.1 cm³/mol. The van der Waals surface area contributed by atoms with Gasteiger partial charge in [-0.05, 0) is 48.8 Å². The molecule has 2 aliphatic rings. The molecule has 1 aromatic rings. The lowest BCUT2D eigenvalue weighted by Gasteiger charge is -2.21. The summed E-state index contributed by atoms with van der Waals surface area (Å²) in [6.07, 6.45) is 2.79. The number of nitrogens with one attached hydrogen (secondary N) is 1. The maximum atomic E-state index is 12.4. The Morgan fingerprint density at radius 2 is 2.20 bits per heavy atom. The molecule has 0 radical (unpaired) electrons. The molecule has 1 fully saturated rings. The molecule has 6 heteroatoms. The zero-order chi connectivity index (χ0) is 14.3. The van der Waals surface area contributed by atoms with Crippen molar-refractivity contribution >= 4 is 15.7 Å². The second-order valence-electron chi connectivity index (χ2n) is 5.78. The van der Waals surface area contributed by atoms with Gasteiger partial charge in [-0.1, -0.05) is 6.92 Å². The molecular formula is C14H20N2O3S. The number of ether oxygens (including phenoxy) is 1. The first-order valence-electron chi connectivity index (χ1n) is 7.02. The molecule has 0 spiro atoms. The van der Waals surface area contributed by atoms with Gasteiger partial charge in [0.05, 0.1) is 6.61 Å². The van der Waals surface area contributed by atoms with Gasteiger partial charge in [0.25, 0.3) is 0 Å². The molecule has 2 unspecified atom stereocenters. The molecule has 110 valence electrons. The predicted octanol–water partition coefficient (Wildman–Crippen LogP) is 1.53. The Kier molecular flexibility index (Phi) is 3.38. The van der Waals surface area contributed by atoms with Crippen LogP contribution in [0.3, 0.4) is 0 Å². The average molecular weight is 296 g/mol. The molecule has 1 saturated carbocycles. The molecule has 0 aromatic heterocycles. The normalized spacial score (nSPS) is 24.9. The number of fused-ring (bicyclic) bond motifs is 1. The van der Waals surface area contributed by atoms with E-state index in [0.29, 0.717) is 36.4 Å². The monoisotopic (exact) mass is 296 g/mol. The quantitative estimate of drug-likeness (QED) is 0.826. The number of rotatable bonds is 4. The first-order chi connectivity index (χ1) is 9.47. The molecule has 1 aliphatic carbocycles. The van der Waals surface area contributed by atoms with Gasteiger partial charge in [0.1, 0.15) is 10.6 Å². The molecule has 5 nitrogen and oxygen atoms in total.